The molecular formula is C16H17ClN2. The number of likely N-dealkylation sites (tertiary alicyclic amines) is 1. The molecule has 1 saturated heterocycles. The first-order valence-corrected chi connectivity index (χ1v) is 7.10. The second kappa shape index (κ2) is 5.72. The molecule has 0 aliphatic carbocycles. The first kappa shape index (κ1) is 12.6. The Morgan fingerprint density at radius 1 is 1.16 bits per heavy atom. The van der Waals surface area contributed by atoms with Crippen LogP contribution in [-0.4, -0.2) is 16.4 Å². The van der Waals surface area contributed by atoms with Crippen LogP contribution in [0.3, 0.4) is 0 Å². The topological polar surface area (TPSA) is 16.1 Å². The van der Waals surface area contributed by atoms with Crippen molar-refractivity contribution >= 4 is 11.6 Å². The van der Waals surface area contributed by atoms with E-state index >= 15 is 0 Å². The molecule has 1 aromatic carbocycles. The molecule has 2 heterocycles. The predicted octanol–water partition coefficient (Wildman–Crippen LogP) is 4.07. The van der Waals surface area contributed by atoms with E-state index in [4.69, 9.17) is 11.6 Å². The van der Waals surface area contributed by atoms with Gasteiger partial charge in [-0.2, -0.15) is 0 Å². The molecule has 0 spiro atoms. The molecule has 3 rings (SSSR count). The molecule has 0 amide bonds. The molecule has 0 N–H and O–H groups in total. The zero-order chi connectivity index (χ0) is 13.1. The lowest BCUT2D eigenvalue weighted by Gasteiger charge is -2.24. The van der Waals surface area contributed by atoms with E-state index in [1.54, 1.807) is 0 Å². The van der Waals surface area contributed by atoms with E-state index in [0.29, 0.717) is 11.2 Å². The summed E-state index contributed by atoms with van der Waals surface area (Å²) >= 11 is 5.86. The molecule has 3 heteroatoms. The van der Waals surface area contributed by atoms with Crippen LogP contribution in [0.15, 0.2) is 48.7 Å². The molecule has 0 unspecified atom stereocenters. The highest BCUT2D eigenvalue weighted by Crippen LogP contribution is 2.32. The summed E-state index contributed by atoms with van der Waals surface area (Å²) in [6, 6.07) is 15.1. The van der Waals surface area contributed by atoms with Crippen LogP contribution in [0.5, 0.6) is 0 Å². The van der Waals surface area contributed by atoms with Crippen LogP contribution in [0.25, 0.3) is 0 Å². The van der Waals surface area contributed by atoms with Gasteiger partial charge in [0, 0.05) is 18.8 Å². The van der Waals surface area contributed by atoms with Gasteiger partial charge in [0.1, 0.15) is 5.15 Å². The average molecular weight is 273 g/mol. The van der Waals surface area contributed by atoms with Gasteiger partial charge in [0.25, 0.3) is 0 Å². The maximum atomic E-state index is 5.86. The van der Waals surface area contributed by atoms with Crippen molar-refractivity contribution in [1.82, 2.24) is 9.88 Å². The summed E-state index contributed by atoms with van der Waals surface area (Å²) in [7, 11) is 0. The summed E-state index contributed by atoms with van der Waals surface area (Å²) in [6.07, 6.45) is 4.37. The Balaban J connectivity index is 1.76. The molecule has 1 fully saturated rings. The van der Waals surface area contributed by atoms with Crippen LogP contribution in [0.1, 0.15) is 30.0 Å². The second-order valence-electron chi connectivity index (χ2n) is 5.03. The minimum absolute atomic E-state index is 0.477. The number of benzene rings is 1. The van der Waals surface area contributed by atoms with Crippen LogP contribution in [0.4, 0.5) is 0 Å². The van der Waals surface area contributed by atoms with Crippen molar-refractivity contribution in [3.63, 3.8) is 0 Å². The Morgan fingerprint density at radius 2 is 2.00 bits per heavy atom. The smallest absolute Gasteiger partial charge is 0.129 e. The zero-order valence-electron chi connectivity index (χ0n) is 10.8. The molecule has 0 bridgehead atoms. The van der Waals surface area contributed by atoms with Gasteiger partial charge in [-0.1, -0.05) is 48.0 Å². The van der Waals surface area contributed by atoms with Crippen LogP contribution in [0, 0.1) is 0 Å². The van der Waals surface area contributed by atoms with E-state index in [-0.39, 0.29) is 0 Å². The molecule has 1 aliphatic heterocycles. The Hall–Kier alpha value is -1.38. The molecule has 1 aromatic heterocycles. The molecule has 0 saturated carbocycles. The van der Waals surface area contributed by atoms with Gasteiger partial charge in [-0.3, -0.25) is 4.90 Å². The third-order valence-corrected chi connectivity index (χ3v) is 3.95. The van der Waals surface area contributed by atoms with Crippen LogP contribution in [0.2, 0.25) is 5.15 Å². The van der Waals surface area contributed by atoms with Crippen LogP contribution < -0.4 is 0 Å². The van der Waals surface area contributed by atoms with Gasteiger partial charge in [0.15, 0.2) is 0 Å². The number of rotatable bonds is 3. The monoisotopic (exact) mass is 272 g/mol. The number of hydrogen-bond donors (Lipinski definition) is 0. The molecule has 19 heavy (non-hydrogen) atoms. The number of halogens is 1. The van der Waals surface area contributed by atoms with Gasteiger partial charge in [-0.15, -0.1) is 0 Å². The lowest BCUT2D eigenvalue weighted by atomic mass is 10.1. The minimum Gasteiger partial charge on any atom is -0.292 e. The largest absolute Gasteiger partial charge is 0.292 e. The summed E-state index contributed by atoms with van der Waals surface area (Å²) in [6.45, 7) is 2.16. The van der Waals surface area contributed by atoms with Crippen molar-refractivity contribution in [2.24, 2.45) is 0 Å². The Bertz CT molecular complexity index is 524. The Labute approximate surface area is 119 Å². The highest BCUT2D eigenvalue weighted by atomic mass is 35.5. The predicted molar refractivity (Wildman–Crippen MR) is 78.1 cm³/mol. The van der Waals surface area contributed by atoms with Gasteiger partial charge >= 0.3 is 0 Å². The molecule has 1 aliphatic rings. The van der Waals surface area contributed by atoms with E-state index in [1.165, 1.54) is 24.0 Å². The van der Waals surface area contributed by atoms with E-state index in [2.05, 4.69) is 46.3 Å². The second-order valence-corrected chi connectivity index (χ2v) is 5.42. The normalized spacial score (nSPS) is 19.7. The molecular weight excluding hydrogens is 256 g/mol. The standard InChI is InChI=1S/C16H17ClN2/c17-16-9-8-14(11-18-16)15-7-4-10-19(15)12-13-5-2-1-3-6-13/h1-3,5-6,8-9,11,15H,4,7,10,12H2/t15-/m1/s1. The van der Waals surface area contributed by atoms with Gasteiger partial charge in [-0.25, -0.2) is 4.98 Å². The van der Waals surface area contributed by atoms with Crippen molar-refractivity contribution in [3.05, 3.63) is 64.9 Å². The maximum absolute atomic E-state index is 5.86. The van der Waals surface area contributed by atoms with Crippen molar-refractivity contribution in [1.29, 1.82) is 0 Å². The minimum atomic E-state index is 0.477. The maximum Gasteiger partial charge on any atom is 0.129 e. The molecule has 98 valence electrons. The van der Waals surface area contributed by atoms with Gasteiger partial charge in [0.2, 0.25) is 0 Å². The van der Waals surface area contributed by atoms with Crippen LogP contribution in [-0.2, 0) is 6.54 Å². The fraction of sp³-hybridized carbons (Fsp3) is 0.312. The lowest BCUT2D eigenvalue weighted by Crippen LogP contribution is -2.22. The number of aromatic nitrogens is 1. The molecule has 2 aromatic rings. The molecule has 1 atom stereocenters. The summed E-state index contributed by atoms with van der Waals surface area (Å²) < 4.78 is 0. The highest BCUT2D eigenvalue weighted by molar-refractivity contribution is 6.29. The number of nitrogens with zero attached hydrogens (tertiary/aromatic N) is 2. The fourth-order valence-electron chi connectivity index (χ4n) is 2.80. The third kappa shape index (κ3) is 2.96. The quantitative estimate of drug-likeness (QED) is 0.783. The third-order valence-electron chi connectivity index (χ3n) is 3.73. The first-order chi connectivity index (χ1) is 9.33. The summed E-state index contributed by atoms with van der Waals surface area (Å²) in [5.74, 6) is 0. The van der Waals surface area contributed by atoms with Gasteiger partial charge in [0.05, 0.1) is 0 Å². The van der Waals surface area contributed by atoms with Gasteiger partial charge < -0.3 is 0 Å². The Morgan fingerprint density at radius 3 is 2.74 bits per heavy atom. The van der Waals surface area contributed by atoms with Crippen molar-refractivity contribution in [3.8, 4) is 0 Å². The zero-order valence-corrected chi connectivity index (χ0v) is 11.6. The van der Waals surface area contributed by atoms with Gasteiger partial charge in [-0.05, 0) is 36.6 Å². The molecule has 2 nitrogen and oxygen atoms in total. The van der Waals surface area contributed by atoms with Crippen molar-refractivity contribution < 1.29 is 0 Å². The van der Waals surface area contributed by atoms with Crippen LogP contribution >= 0.6 is 11.6 Å². The van der Waals surface area contributed by atoms with E-state index in [0.717, 1.165) is 13.1 Å². The summed E-state index contributed by atoms with van der Waals surface area (Å²) in [5, 5.41) is 0.566. The SMILES string of the molecule is Clc1ccc([C@H]2CCCN2Cc2ccccc2)cn1. The average Bonchev–Trinajstić information content (AvgIpc) is 2.89. The lowest BCUT2D eigenvalue weighted by molar-refractivity contribution is 0.248. The van der Waals surface area contributed by atoms with E-state index in [1.807, 2.05) is 12.3 Å². The Kier molecular flexibility index (Phi) is 3.81. The summed E-state index contributed by atoms with van der Waals surface area (Å²) in [4.78, 5) is 6.73. The van der Waals surface area contributed by atoms with Crippen molar-refractivity contribution in [2.75, 3.05) is 6.54 Å². The first-order valence-electron chi connectivity index (χ1n) is 6.72. The summed E-state index contributed by atoms with van der Waals surface area (Å²) in [5.41, 5.74) is 2.65. The highest BCUT2D eigenvalue weighted by Gasteiger charge is 2.25. The van der Waals surface area contributed by atoms with Crippen molar-refractivity contribution in [2.45, 2.75) is 25.4 Å². The number of pyridine rings is 1. The molecule has 0 radical (unpaired) electrons. The van der Waals surface area contributed by atoms with E-state index < -0.39 is 0 Å². The van der Waals surface area contributed by atoms with E-state index in [9.17, 15) is 0 Å². The fourth-order valence-corrected chi connectivity index (χ4v) is 2.91. The number of hydrogen-bond acceptors (Lipinski definition) is 2.